The fourth-order valence-corrected chi connectivity index (χ4v) is 4.37. The summed E-state index contributed by atoms with van der Waals surface area (Å²) in [6, 6.07) is 13.8. The van der Waals surface area contributed by atoms with Crippen molar-refractivity contribution in [3.63, 3.8) is 0 Å². The van der Waals surface area contributed by atoms with Crippen LogP contribution in [0.1, 0.15) is 36.6 Å². The smallest absolute Gasteiger partial charge is 0.238 e. The summed E-state index contributed by atoms with van der Waals surface area (Å²) in [4.78, 5) is 29.7. The SMILES string of the molecule is COc1ccc(C(NC(=O)CN2CCN(CC(=O)Nc3c(C)cccc3C)CC2)C(C)C)cc1. The first-order valence-electron chi connectivity index (χ1n) is 12.0. The Bertz CT molecular complexity index is 946. The van der Waals surface area contributed by atoms with Crippen LogP contribution in [0.5, 0.6) is 5.75 Å². The zero-order chi connectivity index (χ0) is 24.7. The largest absolute Gasteiger partial charge is 0.497 e. The van der Waals surface area contributed by atoms with Crippen LogP contribution in [-0.2, 0) is 9.59 Å². The van der Waals surface area contributed by atoms with Crippen molar-refractivity contribution in [1.29, 1.82) is 0 Å². The molecule has 0 spiro atoms. The second-order valence-corrected chi connectivity index (χ2v) is 9.43. The number of amides is 2. The van der Waals surface area contributed by atoms with Gasteiger partial charge in [0.15, 0.2) is 0 Å². The van der Waals surface area contributed by atoms with Gasteiger partial charge in [0.1, 0.15) is 5.75 Å². The lowest BCUT2D eigenvalue weighted by molar-refractivity contribution is -0.124. The van der Waals surface area contributed by atoms with E-state index in [1.54, 1.807) is 7.11 Å². The van der Waals surface area contributed by atoms with E-state index >= 15 is 0 Å². The minimum absolute atomic E-state index is 0.00265. The van der Waals surface area contributed by atoms with Gasteiger partial charge in [-0.3, -0.25) is 19.4 Å². The zero-order valence-corrected chi connectivity index (χ0v) is 21.1. The first-order chi connectivity index (χ1) is 16.3. The van der Waals surface area contributed by atoms with Crippen LogP contribution in [-0.4, -0.2) is 68.0 Å². The van der Waals surface area contributed by atoms with Crippen molar-refractivity contribution in [3.05, 3.63) is 59.2 Å². The summed E-state index contributed by atoms with van der Waals surface area (Å²) in [5.74, 6) is 1.10. The number of carbonyl (C=O) groups is 2. The lowest BCUT2D eigenvalue weighted by atomic mass is 9.96. The quantitative estimate of drug-likeness (QED) is 0.593. The third kappa shape index (κ3) is 7.05. The van der Waals surface area contributed by atoms with Gasteiger partial charge in [-0.05, 0) is 48.6 Å². The number of nitrogens with one attached hydrogen (secondary N) is 2. The Morgan fingerprint density at radius 3 is 1.91 bits per heavy atom. The molecule has 7 heteroatoms. The fraction of sp³-hybridized carbons (Fsp3) is 0.481. The van der Waals surface area contributed by atoms with Crippen LogP contribution in [0.25, 0.3) is 0 Å². The molecule has 0 aliphatic carbocycles. The number of piperazine rings is 1. The predicted molar refractivity (Wildman–Crippen MR) is 136 cm³/mol. The Kier molecular flexibility index (Phi) is 9.07. The Balaban J connectivity index is 1.45. The Morgan fingerprint density at radius 1 is 0.882 bits per heavy atom. The lowest BCUT2D eigenvalue weighted by Gasteiger charge is -2.34. The molecule has 0 radical (unpaired) electrons. The van der Waals surface area contributed by atoms with E-state index in [4.69, 9.17) is 4.74 Å². The maximum atomic E-state index is 12.8. The topological polar surface area (TPSA) is 73.9 Å². The predicted octanol–water partition coefficient (Wildman–Crippen LogP) is 3.38. The summed E-state index contributed by atoms with van der Waals surface area (Å²) in [6.07, 6.45) is 0. The Labute approximate surface area is 203 Å². The molecule has 1 fully saturated rings. The minimum Gasteiger partial charge on any atom is -0.497 e. The Morgan fingerprint density at radius 2 is 1.41 bits per heavy atom. The molecule has 2 amide bonds. The highest BCUT2D eigenvalue weighted by molar-refractivity contribution is 5.93. The van der Waals surface area contributed by atoms with Crippen LogP contribution in [0.15, 0.2) is 42.5 Å². The molecule has 34 heavy (non-hydrogen) atoms. The van der Waals surface area contributed by atoms with Crippen molar-refractivity contribution in [2.45, 2.75) is 33.7 Å². The molecule has 1 saturated heterocycles. The summed E-state index contributed by atoms with van der Waals surface area (Å²) < 4.78 is 5.24. The molecule has 0 saturated carbocycles. The van der Waals surface area contributed by atoms with E-state index in [-0.39, 0.29) is 23.8 Å². The van der Waals surface area contributed by atoms with E-state index in [9.17, 15) is 9.59 Å². The van der Waals surface area contributed by atoms with Crippen molar-refractivity contribution < 1.29 is 14.3 Å². The molecule has 0 bridgehead atoms. The number of hydrogen-bond acceptors (Lipinski definition) is 5. The van der Waals surface area contributed by atoms with E-state index in [1.165, 1.54) is 0 Å². The molecule has 2 aromatic carbocycles. The van der Waals surface area contributed by atoms with Gasteiger partial charge >= 0.3 is 0 Å². The summed E-state index contributed by atoms with van der Waals surface area (Å²) in [5.41, 5.74) is 4.11. The number of carbonyl (C=O) groups excluding carboxylic acids is 2. The number of anilines is 1. The average Bonchev–Trinajstić information content (AvgIpc) is 2.81. The van der Waals surface area contributed by atoms with Crippen LogP contribution >= 0.6 is 0 Å². The molecule has 2 N–H and O–H groups in total. The standard InChI is InChI=1S/C27H38N4O3/c1-19(2)26(22-9-11-23(34-5)12-10-22)28-24(32)17-30-13-15-31(16-14-30)18-25(33)29-27-20(3)7-6-8-21(27)4/h6-12,19,26H,13-18H2,1-5H3,(H,28,32)(H,29,33). The molecule has 184 valence electrons. The van der Waals surface area contributed by atoms with Crippen molar-refractivity contribution >= 4 is 17.5 Å². The van der Waals surface area contributed by atoms with Crippen molar-refractivity contribution in [2.24, 2.45) is 5.92 Å². The minimum atomic E-state index is -0.0479. The van der Waals surface area contributed by atoms with Gasteiger partial charge < -0.3 is 15.4 Å². The molecule has 1 atom stereocenters. The monoisotopic (exact) mass is 466 g/mol. The highest BCUT2D eigenvalue weighted by Gasteiger charge is 2.23. The molecule has 1 unspecified atom stereocenters. The van der Waals surface area contributed by atoms with E-state index in [2.05, 4.69) is 34.3 Å². The first kappa shape index (κ1) is 25.7. The molecule has 1 aliphatic heterocycles. The van der Waals surface area contributed by atoms with Crippen LogP contribution in [0.2, 0.25) is 0 Å². The zero-order valence-electron chi connectivity index (χ0n) is 21.1. The van der Waals surface area contributed by atoms with Gasteiger partial charge in [-0.1, -0.05) is 44.2 Å². The van der Waals surface area contributed by atoms with Crippen molar-refractivity contribution in [1.82, 2.24) is 15.1 Å². The van der Waals surface area contributed by atoms with E-state index in [0.29, 0.717) is 13.1 Å². The van der Waals surface area contributed by atoms with Crippen LogP contribution < -0.4 is 15.4 Å². The van der Waals surface area contributed by atoms with Gasteiger partial charge in [-0.15, -0.1) is 0 Å². The molecule has 1 heterocycles. The number of rotatable bonds is 9. The summed E-state index contributed by atoms with van der Waals surface area (Å²) in [7, 11) is 1.65. The maximum Gasteiger partial charge on any atom is 0.238 e. The number of ether oxygens (including phenoxy) is 1. The average molecular weight is 467 g/mol. The molecular weight excluding hydrogens is 428 g/mol. The third-order valence-corrected chi connectivity index (χ3v) is 6.40. The number of benzene rings is 2. The Hall–Kier alpha value is -2.90. The molecule has 2 aromatic rings. The number of para-hydroxylation sites is 1. The molecule has 7 nitrogen and oxygen atoms in total. The van der Waals surface area contributed by atoms with Gasteiger partial charge in [-0.2, -0.15) is 0 Å². The normalized spacial score (nSPS) is 15.7. The number of hydrogen-bond donors (Lipinski definition) is 2. The highest BCUT2D eigenvalue weighted by atomic mass is 16.5. The van der Waals surface area contributed by atoms with E-state index in [1.807, 2.05) is 56.3 Å². The summed E-state index contributed by atoms with van der Waals surface area (Å²) in [5, 5.41) is 6.26. The van der Waals surface area contributed by atoms with Crippen molar-refractivity contribution in [2.75, 3.05) is 51.7 Å². The fourth-order valence-electron chi connectivity index (χ4n) is 4.37. The second-order valence-electron chi connectivity index (χ2n) is 9.43. The molecule has 3 rings (SSSR count). The summed E-state index contributed by atoms with van der Waals surface area (Å²) >= 11 is 0. The first-order valence-corrected chi connectivity index (χ1v) is 12.0. The van der Waals surface area contributed by atoms with Gasteiger partial charge in [0, 0.05) is 31.9 Å². The molecular formula is C27H38N4O3. The molecule has 1 aliphatic rings. The lowest BCUT2D eigenvalue weighted by Crippen LogP contribution is -2.51. The summed E-state index contributed by atoms with van der Waals surface area (Å²) in [6.45, 7) is 12.0. The van der Waals surface area contributed by atoms with Crippen LogP contribution in [0.4, 0.5) is 5.69 Å². The third-order valence-electron chi connectivity index (χ3n) is 6.40. The highest BCUT2D eigenvalue weighted by Crippen LogP contribution is 2.24. The van der Waals surface area contributed by atoms with Crippen LogP contribution in [0, 0.1) is 19.8 Å². The number of nitrogens with zero attached hydrogens (tertiary/aromatic N) is 2. The van der Waals surface area contributed by atoms with Gasteiger partial charge in [0.25, 0.3) is 0 Å². The number of methoxy groups -OCH3 is 1. The van der Waals surface area contributed by atoms with Gasteiger partial charge in [-0.25, -0.2) is 0 Å². The number of aryl methyl sites for hydroxylation is 2. The van der Waals surface area contributed by atoms with E-state index < -0.39 is 0 Å². The van der Waals surface area contributed by atoms with Crippen molar-refractivity contribution in [3.8, 4) is 5.75 Å². The van der Waals surface area contributed by atoms with Crippen LogP contribution in [0.3, 0.4) is 0 Å². The maximum absolute atomic E-state index is 12.8. The van der Waals surface area contributed by atoms with Gasteiger partial charge in [0.2, 0.25) is 11.8 Å². The molecule has 0 aromatic heterocycles. The second kappa shape index (κ2) is 12.0. The van der Waals surface area contributed by atoms with Gasteiger partial charge in [0.05, 0.1) is 26.2 Å². The van der Waals surface area contributed by atoms with E-state index in [0.717, 1.165) is 54.3 Å².